The molecule has 4 aromatic rings. The molecule has 170 valence electrons. The van der Waals surface area contributed by atoms with Crippen LogP contribution in [0.3, 0.4) is 0 Å². The smallest absolute Gasteiger partial charge is 0.493 e. The molecule has 1 N–H and O–H groups in total. The maximum absolute atomic E-state index is 12.4. The van der Waals surface area contributed by atoms with Gasteiger partial charge in [0.15, 0.2) is 5.82 Å². The van der Waals surface area contributed by atoms with Crippen LogP contribution in [0.2, 0.25) is 0 Å². The number of ether oxygens (including phenoxy) is 2. The Balaban J connectivity index is 1.28. The summed E-state index contributed by atoms with van der Waals surface area (Å²) in [7, 11) is 0. The van der Waals surface area contributed by atoms with E-state index in [9.17, 15) is 13.2 Å². The number of benzene rings is 3. The molecule has 3 aromatic carbocycles. The van der Waals surface area contributed by atoms with Gasteiger partial charge in [0.2, 0.25) is 0 Å². The molecule has 0 atom stereocenters. The first-order valence-corrected chi connectivity index (χ1v) is 10.1. The molecule has 0 aliphatic carbocycles. The number of rotatable bonds is 9. The van der Waals surface area contributed by atoms with Crippen LogP contribution in [0.4, 0.5) is 18.9 Å². The van der Waals surface area contributed by atoms with E-state index in [0.717, 1.165) is 11.1 Å². The second-order valence-corrected chi connectivity index (χ2v) is 7.06. The van der Waals surface area contributed by atoms with E-state index in [1.165, 1.54) is 18.2 Å². The molecule has 0 aliphatic heterocycles. The third-order valence-corrected chi connectivity index (χ3v) is 4.55. The van der Waals surface area contributed by atoms with E-state index in [1.54, 1.807) is 6.07 Å². The molecule has 6 nitrogen and oxygen atoms in total. The molecule has 0 unspecified atom stereocenters. The quantitative estimate of drug-likeness (QED) is 0.341. The molecule has 0 amide bonds. The van der Waals surface area contributed by atoms with Crippen molar-refractivity contribution in [3.8, 4) is 23.0 Å². The molecule has 0 bridgehead atoms. The standard InChI is InChI=1S/C24H20F3N3O3/c25-24(26,27)32-21-11-5-9-19(15-21)28-16-17-6-4-10-20(14-17)31-13-12-22-29-23(33-30-22)18-7-2-1-3-8-18/h1-11,14-15,28H,12-13,16H2. The molecule has 0 radical (unpaired) electrons. The van der Waals surface area contributed by atoms with E-state index in [0.29, 0.717) is 42.7 Å². The largest absolute Gasteiger partial charge is 0.573 e. The highest BCUT2D eigenvalue weighted by molar-refractivity contribution is 5.52. The normalized spacial score (nSPS) is 11.2. The average molecular weight is 455 g/mol. The fraction of sp³-hybridized carbons (Fsp3) is 0.167. The number of hydrogen-bond donors (Lipinski definition) is 1. The second-order valence-electron chi connectivity index (χ2n) is 7.06. The summed E-state index contributed by atoms with van der Waals surface area (Å²) in [6, 6.07) is 22.6. The van der Waals surface area contributed by atoms with E-state index in [1.807, 2.05) is 54.6 Å². The Hall–Kier alpha value is -4.01. The van der Waals surface area contributed by atoms with Crippen molar-refractivity contribution >= 4 is 5.69 Å². The van der Waals surface area contributed by atoms with Crippen LogP contribution in [-0.2, 0) is 13.0 Å². The van der Waals surface area contributed by atoms with Crippen LogP contribution in [0, 0.1) is 0 Å². The predicted octanol–water partition coefficient (Wildman–Crippen LogP) is 5.87. The number of halogens is 3. The molecule has 0 fully saturated rings. The van der Waals surface area contributed by atoms with E-state index in [-0.39, 0.29) is 5.75 Å². The molecule has 1 heterocycles. The average Bonchev–Trinajstić information content (AvgIpc) is 3.27. The van der Waals surface area contributed by atoms with E-state index in [2.05, 4.69) is 20.2 Å². The van der Waals surface area contributed by atoms with Gasteiger partial charge in [-0.05, 0) is 42.0 Å². The Bertz CT molecular complexity index is 1180. The lowest BCUT2D eigenvalue weighted by Crippen LogP contribution is -2.17. The zero-order chi connectivity index (χ0) is 23.1. The van der Waals surface area contributed by atoms with Gasteiger partial charge >= 0.3 is 6.36 Å². The summed E-state index contributed by atoms with van der Waals surface area (Å²) in [5.74, 6) is 1.40. The summed E-state index contributed by atoms with van der Waals surface area (Å²) in [5, 5.41) is 7.06. The van der Waals surface area contributed by atoms with E-state index in [4.69, 9.17) is 9.26 Å². The van der Waals surface area contributed by atoms with E-state index >= 15 is 0 Å². The van der Waals surface area contributed by atoms with Crippen molar-refractivity contribution < 1.29 is 27.2 Å². The molecule has 0 saturated heterocycles. The highest BCUT2D eigenvalue weighted by Crippen LogP contribution is 2.25. The van der Waals surface area contributed by atoms with Crippen LogP contribution in [0.5, 0.6) is 11.5 Å². The molecule has 4 rings (SSSR count). The summed E-state index contributed by atoms with van der Waals surface area (Å²) in [5.41, 5.74) is 2.27. The maximum atomic E-state index is 12.4. The van der Waals surface area contributed by atoms with Gasteiger partial charge < -0.3 is 19.3 Å². The Labute approximate surface area is 188 Å². The Morgan fingerprint density at radius 3 is 2.48 bits per heavy atom. The van der Waals surface area contributed by atoms with Gasteiger partial charge in [-0.15, -0.1) is 13.2 Å². The number of nitrogens with zero attached hydrogens (tertiary/aromatic N) is 2. The van der Waals surface area contributed by atoms with Crippen LogP contribution in [-0.4, -0.2) is 23.1 Å². The molecule has 0 spiro atoms. The highest BCUT2D eigenvalue weighted by Gasteiger charge is 2.31. The minimum atomic E-state index is -4.73. The fourth-order valence-electron chi connectivity index (χ4n) is 3.07. The van der Waals surface area contributed by atoms with Crippen molar-refractivity contribution in [3.05, 3.63) is 90.3 Å². The van der Waals surface area contributed by atoms with Gasteiger partial charge in [-0.25, -0.2) is 0 Å². The molecule has 1 aromatic heterocycles. The zero-order valence-corrected chi connectivity index (χ0v) is 17.4. The Kier molecular flexibility index (Phi) is 6.77. The monoisotopic (exact) mass is 455 g/mol. The second kappa shape index (κ2) is 10.1. The lowest BCUT2D eigenvalue weighted by molar-refractivity contribution is -0.274. The first kappa shape index (κ1) is 22.2. The summed E-state index contributed by atoms with van der Waals surface area (Å²) in [6.07, 6.45) is -4.25. The topological polar surface area (TPSA) is 69.4 Å². The third-order valence-electron chi connectivity index (χ3n) is 4.55. The van der Waals surface area contributed by atoms with E-state index < -0.39 is 6.36 Å². The van der Waals surface area contributed by atoms with Crippen molar-refractivity contribution in [2.24, 2.45) is 0 Å². The summed E-state index contributed by atoms with van der Waals surface area (Å²) < 4.78 is 52.2. The SMILES string of the molecule is FC(F)(F)Oc1cccc(NCc2cccc(OCCc3noc(-c4ccccc4)n3)c2)c1. The predicted molar refractivity (Wildman–Crippen MR) is 116 cm³/mol. The number of hydrogen-bond acceptors (Lipinski definition) is 6. The highest BCUT2D eigenvalue weighted by atomic mass is 19.4. The van der Waals surface area contributed by atoms with Gasteiger partial charge in [0.25, 0.3) is 5.89 Å². The van der Waals surface area contributed by atoms with Crippen LogP contribution in [0.25, 0.3) is 11.5 Å². The minimum absolute atomic E-state index is 0.276. The molecule has 0 aliphatic rings. The van der Waals surface area contributed by atoms with Crippen molar-refractivity contribution in [1.29, 1.82) is 0 Å². The lowest BCUT2D eigenvalue weighted by Gasteiger charge is -2.12. The fourth-order valence-corrected chi connectivity index (χ4v) is 3.07. The number of alkyl halides is 3. The molecular weight excluding hydrogens is 435 g/mol. The Morgan fingerprint density at radius 1 is 0.879 bits per heavy atom. The zero-order valence-electron chi connectivity index (χ0n) is 17.4. The Morgan fingerprint density at radius 2 is 1.67 bits per heavy atom. The summed E-state index contributed by atoms with van der Waals surface area (Å²) in [4.78, 5) is 4.37. The van der Waals surface area contributed by atoms with Crippen LogP contribution in [0.15, 0.2) is 83.4 Å². The first-order valence-electron chi connectivity index (χ1n) is 10.1. The summed E-state index contributed by atoms with van der Waals surface area (Å²) >= 11 is 0. The number of anilines is 1. The minimum Gasteiger partial charge on any atom is -0.493 e. The maximum Gasteiger partial charge on any atom is 0.573 e. The molecule has 33 heavy (non-hydrogen) atoms. The van der Waals surface area contributed by atoms with Crippen molar-refractivity contribution in [2.75, 3.05) is 11.9 Å². The third kappa shape index (κ3) is 6.73. The first-order chi connectivity index (χ1) is 15.9. The molecule has 9 heteroatoms. The summed E-state index contributed by atoms with van der Waals surface area (Å²) in [6.45, 7) is 0.763. The van der Waals surface area contributed by atoms with Crippen molar-refractivity contribution in [1.82, 2.24) is 10.1 Å². The van der Waals surface area contributed by atoms with Crippen molar-refractivity contribution in [3.63, 3.8) is 0 Å². The number of aromatic nitrogens is 2. The van der Waals surface area contributed by atoms with Gasteiger partial charge in [-0.1, -0.05) is 41.6 Å². The van der Waals surface area contributed by atoms with Crippen LogP contribution in [0.1, 0.15) is 11.4 Å². The van der Waals surface area contributed by atoms with Crippen molar-refractivity contribution in [2.45, 2.75) is 19.3 Å². The van der Waals surface area contributed by atoms with Gasteiger partial charge in [0.1, 0.15) is 11.5 Å². The molecular formula is C24H20F3N3O3. The van der Waals surface area contributed by atoms with Gasteiger partial charge in [0, 0.05) is 30.3 Å². The molecule has 0 saturated carbocycles. The number of nitrogens with one attached hydrogen (secondary N) is 1. The van der Waals surface area contributed by atoms with Crippen LogP contribution >= 0.6 is 0 Å². The lowest BCUT2D eigenvalue weighted by atomic mass is 10.2. The van der Waals surface area contributed by atoms with Gasteiger partial charge in [-0.3, -0.25) is 0 Å². The van der Waals surface area contributed by atoms with Crippen LogP contribution < -0.4 is 14.8 Å². The van der Waals surface area contributed by atoms with Gasteiger partial charge in [0.05, 0.1) is 6.61 Å². The van der Waals surface area contributed by atoms with Gasteiger partial charge in [-0.2, -0.15) is 4.98 Å².